The van der Waals surface area contributed by atoms with Gasteiger partial charge in [0.05, 0.1) is 12.6 Å². The normalized spacial score (nSPS) is 20.6. The molecule has 1 N–H and O–H groups in total. The van der Waals surface area contributed by atoms with Crippen molar-refractivity contribution in [3.63, 3.8) is 0 Å². The van der Waals surface area contributed by atoms with Crippen LogP contribution in [0.15, 0.2) is 6.33 Å². The maximum absolute atomic E-state index is 12.1. The summed E-state index contributed by atoms with van der Waals surface area (Å²) >= 11 is 0. The molecule has 0 spiro atoms. The molecule has 0 radical (unpaired) electrons. The van der Waals surface area contributed by atoms with E-state index in [9.17, 15) is 4.79 Å². The number of nitrogens with one attached hydrogen (secondary N) is 1. The van der Waals surface area contributed by atoms with E-state index in [1.54, 1.807) is 6.33 Å². The zero-order valence-corrected chi connectivity index (χ0v) is 10.6. The van der Waals surface area contributed by atoms with Crippen molar-refractivity contribution < 1.29 is 4.79 Å². The monoisotopic (exact) mass is 237 g/mol. The minimum Gasteiger partial charge on any atom is -0.334 e. The van der Waals surface area contributed by atoms with Crippen LogP contribution in [0.1, 0.15) is 26.1 Å². The van der Waals surface area contributed by atoms with Crippen molar-refractivity contribution in [2.75, 3.05) is 6.54 Å². The Balaban J connectivity index is 1.96. The van der Waals surface area contributed by atoms with E-state index < -0.39 is 0 Å². The van der Waals surface area contributed by atoms with Crippen LogP contribution >= 0.6 is 0 Å². The molecule has 0 saturated carbocycles. The van der Waals surface area contributed by atoms with Gasteiger partial charge in [0.2, 0.25) is 5.91 Å². The van der Waals surface area contributed by atoms with Gasteiger partial charge >= 0.3 is 0 Å². The average Bonchev–Trinajstić information content (AvgIpc) is 2.79. The molecule has 1 aliphatic rings. The number of amides is 1. The number of aromatic nitrogens is 3. The summed E-state index contributed by atoms with van der Waals surface area (Å²) in [4.78, 5) is 13.9. The van der Waals surface area contributed by atoms with E-state index in [-0.39, 0.29) is 11.9 Å². The molecule has 0 bridgehead atoms. The van der Waals surface area contributed by atoms with Crippen molar-refractivity contribution >= 4 is 5.91 Å². The Bertz CT molecular complexity index is 400. The van der Waals surface area contributed by atoms with Gasteiger partial charge in [0, 0.05) is 19.6 Å². The van der Waals surface area contributed by atoms with E-state index in [1.807, 2.05) is 16.5 Å². The molecule has 1 atom stereocenters. The SMILES string of the molecule is CC(C)NC1CCN(Cc2nncn2C)C1=O. The maximum atomic E-state index is 12.1. The Morgan fingerprint density at radius 2 is 2.35 bits per heavy atom. The van der Waals surface area contributed by atoms with Gasteiger partial charge in [-0.05, 0) is 6.42 Å². The minimum absolute atomic E-state index is 0.0387. The van der Waals surface area contributed by atoms with Crippen LogP contribution < -0.4 is 5.32 Å². The molecule has 1 unspecified atom stereocenters. The maximum Gasteiger partial charge on any atom is 0.240 e. The number of hydrogen-bond acceptors (Lipinski definition) is 4. The molecule has 0 aromatic carbocycles. The van der Waals surface area contributed by atoms with Crippen molar-refractivity contribution in [2.24, 2.45) is 7.05 Å². The van der Waals surface area contributed by atoms with Crippen LogP contribution in [-0.4, -0.2) is 44.2 Å². The molecule has 1 saturated heterocycles. The van der Waals surface area contributed by atoms with Crippen molar-refractivity contribution in [1.82, 2.24) is 25.0 Å². The fourth-order valence-electron chi connectivity index (χ4n) is 2.07. The summed E-state index contributed by atoms with van der Waals surface area (Å²) in [6, 6.07) is 0.293. The molecule has 17 heavy (non-hydrogen) atoms. The molecule has 2 heterocycles. The molecule has 94 valence electrons. The number of aryl methyl sites for hydroxylation is 1. The topological polar surface area (TPSA) is 63.0 Å². The highest BCUT2D eigenvalue weighted by Gasteiger charge is 2.32. The number of hydrogen-bond donors (Lipinski definition) is 1. The molecule has 1 aromatic heterocycles. The van der Waals surface area contributed by atoms with E-state index in [0.29, 0.717) is 12.6 Å². The molecule has 1 amide bonds. The van der Waals surface area contributed by atoms with Gasteiger partial charge in [-0.15, -0.1) is 10.2 Å². The lowest BCUT2D eigenvalue weighted by Crippen LogP contribution is -2.41. The molecule has 1 fully saturated rings. The lowest BCUT2D eigenvalue weighted by molar-refractivity contribution is -0.130. The fraction of sp³-hybridized carbons (Fsp3) is 0.727. The lowest BCUT2D eigenvalue weighted by atomic mass is 10.2. The Hall–Kier alpha value is -1.43. The first-order valence-electron chi connectivity index (χ1n) is 5.95. The number of likely N-dealkylation sites (tertiary alicyclic amines) is 1. The summed E-state index contributed by atoms with van der Waals surface area (Å²) in [5, 5.41) is 11.1. The van der Waals surface area contributed by atoms with Crippen molar-refractivity contribution in [3.05, 3.63) is 12.2 Å². The molecule has 2 rings (SSSR count). The predicted octanol–water partition coefficient (Wildman–Crippen LogP) is -0.0860. The van der Waals surface area contributed by atoms with E-state index in [4.69, 9.17) is 0 Å². The first-order valence-corrected chi connectivity index (χ1v) is 5.95. The van der Waals surface area contributed by atoms with Gasteiger partial charge in [-0.25, -0.2) is 0 Å². The quantitative estimate of drug-likeness (QED) is 0.795. The first-order chi connectivity index (χ1) is 8.08. The van der Waals surface area contributed by atoms with Crippen LogP contribution in [0.3, 0.4) is 0 Å². The third-order valence-corrected chi connectivity index (χ3v) is 2.97. The van der Waals surface area contributed by atoms with Crippen LogP contribution in [0.2, 0.25) is 0 Å². The predicted molar refractivity (Wildman–Crippen MR) is 63.1 cm³/mol. The van der Waals surface area contributed by atoms with Gasteiger partial charge in [-0.2, -0.15) is 0 Å². The van der Waals surface area contributed by atoms with Crippen LogP contribution in [0, 0.1) is 0 Å². The van der Waals surface area contributed by atoms with Crippen molar-refractivity contribution in [3.8, 4) is 0 Å². The summed E-state index contributed by atoms with van der Waals surface area (Å²) in [6.45, 7) is 5.44. The molecular weight excluding hydrogens is 218 g/mol. The van der Waals surface area contributed by atoms with Crippen LogP contribution in [0.5, 0.6) is 0 Å². The van der Waals surface area contributed by atoms with E-state index >= 15 is 0 Å². The highest BCUT2D eigenvalue weighted by molar-refractivity contribution is 5.83. The Kier molecular flexibility index (Phi) is 3.42. The van der Waals surface area contributed by atoms with Crippen molar-refractivity contribution in [1.29, 1.82) is 0 Å². The summed E-state index contributed by atoms with van der Waals surface area (Å²) in [6.07, 6.45) is 2.52. The Morgan fingerprint density at radius 1 is 1.59 bits per heavy atom. The second-order valence-corrected chi connectivity index (χ2v) is 4.78. The Labute approximate surface area is 101 Å². The molecule has 6 heteroatoms. The molecule has 0 aliphatic carbocycles. The second kappa shape index (κ2) is 4.83. The zero-order chi connectivity index (χ0) is 12.4. The number of rotatable bonds is 4. The molecule has 6 nitrogen and oxygen atoms in total. The zero-order valence-electron chi connectivity index (χ0n) is 10.6. The molecular formula is C11H19N5O. The second-order valence-electron chi connectivity index (χ2n) is 4.78. The number of nitrogens with zero attached hydrogens (tertiary/aromatic N) is 4. The number of carbonyl (C=O) groups is 1. The molecule has 1 aliphatic heterocycles. The molecule has 1 aromatic rings. The third kappa shape index (κ3) is 2.63. The van der Waals surface area contributed by atoms with Crippen LogP contribution in [-0.2, 0) is 18.4 Å². The standard InChI is InChI=1S/C11H19N5O/c1-8(2)13-9-4-5-16(11(9)17)6-10-14-12-7-15(10)3/h7-9,13H,4-6H2,1-3H3. The Morgan fingerprint density at radius 3 is 2.94 bits per heavy atom. The first kappa shape index (κ1) is 12.0. The van der Waals surface area contributed by atoms with Crippen molar-refractivity contribution in [2.45, 2.75) is 38.9 Å². The summed E-state index contributed by atoms with van der Waals surface area (Å²) in [5.74, 6) is 0.991. The summed E-state index contributed by atoms with van der Waals surface area (Å²) in [7, 11) is 1.89. The highest BCUT2D eigenvalue weighted by atomic mass is 16.2. The van der Waals surface area contributed by atoms with E-state index in [1.165, 1.54) is 0 Å². The average molecular weight is 237 g/mol. The largest absolute Gasteiger partial charge is 0.334 e. The van der Waals surface area contributed by atoms with Gasteiger partial charge in [-0.3, -0.25) is 4.79 Å². The lowest BCUT2D eigenvalue weighted by Gasteiger charge is -2.17. The van der Waals surface area contributed by atoms with Crippen LogP contribution in [0.25, 0.3) is 0 Å². The third-order valence-electron chi connectivity index (χ3n) is 2.97. The van der Waals surface area contributed by atoms with E-state index in [2.05, 4.69) is 29.4 Å². The minimum atomic E-state index is -0.0387. The van der Waals surface area contributed by atoms with Gasteiger partial charge in [-0.1, -0.05) is 13.8 Å². The van der Waals surface area contributed by atoms with Gasteiger partial charge in [0.15, 0.2) is 5.82 Å². The highest BCUT2D eigenvalue weighted by Crippen LogP contribution is 2.14. The van der Waals surface area contributed by atoms with Gasteiger partial charge in [0.25, 0.3) is 0 Å². The van der Waals surface area contributed by atoms with Gasteiger partial charge in [0.1, 0.15) is 6.33 Å². The number of carbonyl (C=O) groups excluding carboxylic acids is 1. The fourth-order valence-corrected chi connectivity index (χ4v) is 2.07. The van der Waals surface area contributed by atoms with Crippen LogP contribution in [0.4, 0.5) is 0 Å². The van der Waals surface area contributed by atoms with Gasteiger partial charge < -0.3 is 14.8 Å². The van der Waals surface area contributed by atoms with E-state index in [0.717, 1.165) is 18.8 Å². The summed E-state index contributed by atoms with van der Waals surface area (Å²) in [5.41, 5.74) is 0. The summed E-state index contributed by atoms with van der Waals surface area (Å²) < 4.78 is 1.84. The smallest absolute Gasteiger partial charge is 0.240 e.